The Kier molecular flexibility index (Phi) is 3.78. The van der Waals surface area contributed by atoms with Gasteiger partial charge in [-0.1, -0.05) is 13.2 Å². The normalized spacial score (nSPS) is 36.8. The second kappa shape index (κ2) is 5.22. The molecule has 0 spiro atoms. The molecule has 2 heterocycles. The molecule has 0 unspecified atom stereocenters. The van der Waals surface area contributed by atoms with Crippen molar-refractivity contribution in [2.45, 2.75) is 24.1 Å². The van der Waals surface area contributed by atoms with Crippen LogP contribution in [0.4, 0.5) is 4.39 Å². The van der Waals surface area contributed by atoms with Crippen molar-refractivity contribution >= 4 is 5.84 Å². The maximum atomic E-state index is 14.3. The molecule has 0 aliphatic carbocycles. The van der Waals surface area contributed by atoms with Crippen molar-refractivity contribution in [1.82, 2.24) is 4.90 Å². The topological polar surface area (TPSA) is 91.3 Å². The van der Waals surface area contributed by atoms with Crippen LogP contribution in [0.25, 0.3) is 0 Å². The molecule has 2 rings (SSSR count). The highest BCUT2D eigenvalue weighted by Crippen LogP contribution is 2.37. The second-order valence-corrected chi connectivity index (χ2v) is 4.54. The number of amidine groups is 1. The Balaban J connectivity index is 2.30. The number of halogens is 1. The molecule has 0 aromatic rings. The van der Waals surface area contributed by atoms with Crippen LogP contribution >= 0.6 is 0 Å². The minimum atomic E-state index is -1.78. The zero-order valence-electron chi connectivity index (χ0n) is 10.7. The van der Waals surface area contributed by atoms with E-state index in [0.717, 1.165) is 0 Å². The van der Waals surface area contributed by atoms with Crippen LogP contribution in [0, 0.1) is 0 Å². The minimum absolute atomic E-state index is 0.182. The number of ether oxygens (including phenoxy) is 1. The molecular formula is C13H16FN3O3. The Labute approximate surface area is 115 Å². The average molecular weight is 281 g/mol. The molecule has 0 saturated carbocycles. The number of aliphatic imine (C=N–C) groups is 1. The average Bonchev–Trinajstić information content (AvgIpc) is 2.65. The molecule has 0 aromatic heterocycles. The van der Waals surface area contributed by atoms with Gasteiger partial charge < -0.3 is 25.6 Å². The highest BCUT2D eigenvalue weighted by atomic mass is 19.1. The van der Waals surface area contributed by atoms with E-state index in [4.69, 9.17) is 10.5 Å². The second-order valence-electron chi connectivity index (χ2n) is 4.54. The SMILES string of the molecule is C=C=C[C@]1(CO)O[C@@H](N2C=CC(N)=NC2=C)[C@H](F)[C@@H]1O. The van der Waals surface area contributed by atoms with Crippen molar-refractivity contribution in [3.8, 4) is 0 Å². The maximum absolute atomic E-state index is 14.3. The van der Waals surface area contributed by atoms with Crippen molar-refractivity contribution < 1.29 is 19.3 Å². The molecule has 4 atom stereocenters. The number of alkyl halides is 1. The van der Waals surface area contributed by atoms with E-state index in [-0.39, 0.29) is 11.7 Å². The summed E-state index contributed by atoms with van der Waals surface area (Å²) >= 11 is 0. The van der Waals surface area contributed by atoms with Gasteiger partial charge in [-0.15, -0.1) is 5.73 Å². The number of nitrogens with two attached hydrogens (primary N) is 1. The lowest BCUT2D eigenvalue weighted by molar-refractivity contribution is -0.106. The van der Waals surface area contributed by atoms with Crippen LogP contribution in [0.5, 0.6) is 0 Å². The molecule has 0 bridgehead atoms. The molecule has 0 radical (unpaired) electrons. The molecule has 1 saturated heterocycles. The first-order valence-electron chi connectivity index (χ1n) is 5.92. The van der Waals surface area contributed by atoms with Crippen molar-refractivity contribution in [3.05, 3.63) is 43.1 Å². The fourth-order valence-corrected chi connectivity index (χ4v) is 2.18. The number of aliphatic hydroxyl groups excluding tert-OH is 2. The molecule has 20 heavy (non-hydrogen) atoms. The van der Waals surface area contributed by atoms with Crippen LogP contribution < -0.4 is 5.73 Å². The molecule has 1 fully saturated rings. The molecule has 7 heteroatoms. The zero-order valence-corrected chi connectivity index (χ0v) is 10.7. The van der Waals surface area contributed by atoms with E-state index in [1.165, 1.54) is 23.3 Å². The Bertz CT molecular complexity index is 527. The fourth-order valence-electron chi connectivity index (χ4n) is 2.18. The standard InChI is InChI=1S/C13H16FN3O3/c1-3-5-13(7-18)11(19)10(14)12(20-13)17-6-4-9(15)16-8(17)2/h4-6,10-12,18-19H,1-2,7H2,(H2,15,16)/t10-,11+,12-,13-/m1/s1. The van der Waals surface area contributed by atoms with Crippen molar-refractivity contribution in [2.24, 2.45) is 10.7 Å². The number of hydrogen-bond donors (Lipinski definition) is 3. The number of hydrogen-bond acceptors (Lipinski definition) is 6. The maximum Gasteiger partial charge on any atom is 0.174 e. The monoisotopic (exact) mass is 281 g/mol. The predicted octanol–water partition coefficient (Wildman–Crippen LogP) is -0.228. The molecule has 4 N–H and O–H groups in total. The summed E-state index contributed by atoms with van der Waals surface area (Å²) in [5.41, 5.74) is 6.31. The molecule has 2 aliphatic heterocycles. The minimum Gasteiger partial charge on any atom is -0.393 e. The van der Waals surface area contributed by atoms with Crippen LogP contribution in [0.2, 0.25) is 0 Å². The van der Waals surface area contributed by atoms with Gasteiger partial charge in [0.15, 0.2) is 12.4 Å². The summed E-state index contributed by atoms with van der Waals surface area (Å²) in [7, 11) is 0. The third-order valence-electron chi connectivity index (χ3n) is 3.24. The Morgan fingerprint density at radius 2 is 2.40 bits per heavy atom. The van der Waals surface area contributed by atoms with E-state index in [1.807, 2.05) is 0 Å². The first-order valence-corrected chi connectivity index (χ1v) is 5.92. The van der Waals surface area contributed by atoms with Crippen LogP contribution in [-0.2, 0) is 4.74 Å². The Morgan fingerprint density at radius 3 is 2.95 bits per heavy atom. The summed E-state index contributed by atoms with van der Waals surface area (Å²) in [6.45, 7) is 6.39. The lowest BCUT2D eigenvalue weighted by Crippen LogP contribution is -2.43. The van der Waals surface area contributed by atoms with Crippen LogP contribution in [0.1, 0.15) is 0 Å². The Morgan fingerprint density at radius 1 is 1.70 bits per heavy atom. The summed E-state index contributed by atoms with van der Waals surface area (Å²) in [5.74, 6) is 0.417. The highest BCUT2D eigenvalue weighted by Gasteiger charge is 2.55. The number of aliphatic hydroxyl groups is 2. The summed E-state index contributed by atoms with van der Waals surface area (Å²) in [6, 6.07) is 0. The van der Waals surface area contributed by atoms with E-state index >= 15 is 0 Å². The van der Waals surface area contributed by atoms with Gasteiger partial charge in [0.25, 0.3) is 0 Å². The largest absolute Gasteiger partial charge is 0.393 e. The van der Waals surface area contributed by atoms with E-state index in [2.05, 4.69) is 23.9 Å². The molecule has 6 nitrogen and oxygen atoms in total. The fraction of sp³-hybridized carbons (Fsp3) is 0.385. The van der Waals surface area contributed by atoms with Gasteiger partial charge in [0, 0.05) is 6.20 Å². The molecule has 108 valence electrons. The molecule has 0 amide bonds. The summed E-state index contributed by atoms with van der Waals surface area (Å²) in [6.07, 6.45) is -0.390. The van der Waals surface area contributed by atoms with Crippen LogP contribution in [-0.4, -0.2) is 51.7 Å². The van der Waals surface area contributed by atoms with E-state index < -0.39 is 30.7 Å². The van der Waals surface area contributed by atoms with Gasteiger partial charge in [-0.05, 0) is 12.2 Å². The van der Waals surface area contributed by atoms with Crippen LogP contribution in [0.15, 0.2) is 48.1 Å². The van der Waals surface area contributed by atoms with Crippen molar-refractivity contribution in [3.63, 3.8) is 0 Å². The first kappa shape index (κ1) is 14.5. The van der Waals surface area contributed by atoms with Gasteiger partial charge in [0.05, 0.1) is 6.61 Å². The zero-order chi connectivity index (χ0) is 14.9. The van der Waals surface area contributed by atoms with Gasteiger partial charge in [0.2, 0.25) is 0 Å². The van der Waals surface area contributed by atoms with Gasteiger partial charge in [-0.2, -0.15) is 0 Å². The molecular weight excluding hydrogens is 265 g/mol. The third kappa shape index (κ3) is 2.17. The van der Waals surface area contributed by atoms with E-state index in [9.17, 15) is 14.6 Å². The van der Waals surface area contributed by atoms with Crippen molar-refractivity contribution in [2.75, 3.05) is 6.61 Å². The lowest BCUT2D eigenvalue weighted by atomic mass is 9.96. The molecule has 0 aromatic carbocycles. The van der Waals surface area contributed by atoms with Crippen molar-refractivity contribution in [1.29, 1.82) is 0 Å². The predicted molar refractivity (Wildman–Crippen MR) is 71.0 cm³/mol. The highest BCUT2D eigenvalue weighted by molar-refractivity contribution is 5.92. The lowest BCUT2D eigenvalue weighted by Gasteiger charge is -2.31. The quantitative estimate of drug-likeness (QED) is 0.622. The van der Waals surface area contributed by atoms with Gasteiger partial charge in [0.1, 0.15) is 23.4 Å². The van der Waals surface area contributed by atoms with E-state index in [0.29, 0.717) is 0 Å². The summed E-state index contributed by atoms with van der Waals surface area (Å²) in [4.78, 5) is 5.20. The van der Waals surface area contributed by atoms with Gasteiger partial charge in [-0.25, -0.2) is 9.38 Å². The summed E-state index contributed by atoms with van der Waals surface area (Å²) < 4.78 is 19.8. The molecule has 2 aliphatic rings. The Hall–Kier alpha value is -1.92. The van der Waals surface area contributed by atoms with Gasteiger partial charge >= 0.3 is 0 Å². The smallest absolute Gasteiger partial charge is 0.174 e. The first-order chi connectivity index (χ1) is 9.45. The number of rotatable bonds is 3. The third-order valence-corrected chi connectivity index (χ3v) is 3.24. The number of nitrogens with zero attached hydrogens (tertiary/aromatic N) is 2. The van der Waals surface area contributed by atoms with Gasteiger partial charge in [-0.3, -0.25) is 0 Å². The summed E-state index contributed by atoms with van der Waals surface area (Å²) in [5, 5.41) is 19.4. The van der Waals surface area contributed by atoms with Crippen LogP contribution in [0.3, 0.4) is 0 Å². The van der Waals surface area contributed by atoms with E-state index in [1.54, 1.807) is 0 Å².